The highest BCUT2D eigenvalue weighted by Crippen LogP contribution is 2.13. The first kappa shape index (κ1) is 14.7. The molecule has 0 aromatic heterocycles. The summed E-state index contributed by atoms with van der Waals surface area (Å²) < 4.78 is 5.51. The minimum absolute atomic E-state index is 0.0908. The van der Waals surface area contributed by atoms with Crippen LogP contribution in [0.25, 0.3) is 0 Å². The van der Waals surface area contributed by atoms with E-state index in [0.717, 1.165) is 25.4 Å². The minimum Gasteiger partial charge on any atom is -0.492 e. The zero-order valence-electron chi connectivity index (χ0n) is 11.8. The van der Waals surface area contributed by atoms with Crippen LogP contribution < -0.4 is 15.8 Å². The fourth-order valence-electron chi connectivity index (χ4n) is 2.32. The van der Waals surface area contributed by atoms with Gasteiger partial charge in [0.15, 0.2) is 0 Å². The summed E-state index contributed by atoms with van der Waals surface area (Å²) in [5.74, 6) is 0.824. The van der Waals surface area contributed by atoms with Crippen LogP contribution >= 0.6 is 0 Å². The van der Waals surface area contributed by atoms with Crippen LogP contribution in [-0.4, -0.2) is 43.6 Å². The van der Waals surface area contributed by atoms with Crippen LogP contribution in [0.1, 0.15) is 19.3 Å². The molecule has 0 radical (unpaired) electrons. The Hall–Kier alpha value is -1.75. The third-order valence-electron chi connectivity index (χ3n) is 3.40. The molecule has 1 aliphatic heterocycles. The summed E-state index contributed by atoms with van der Waals surface area (Å²) in [4.78, 5) is 14.0. The van der Waals surface area contributed by atoms with Gasteiger partial charge in [-0.15, -0.1) is 0 Å². The molecule has 1 aliphatic rings. The van der Waals surface area contributed by atoms with Gasteiger partial charge in [-0.1, -0.05) is 6.07 Å². The number of anilines is 1. The van der Waals surface area contributed by atoms with Crippen molar-refractivity contribution >= 4 is 11.6 Å². The minimum atomic E-state index is 0.0908. The molecule has 1 aromatic carbocycles. The second kappa shape index (κ2) is 7.75. The lowest BCUT2D eigenvalue weighted by atomic mass is 10.3. The number of nitrogens with zero attached hydrogens (tertiary/aromatic N) is 1. The van der Waals surface area contributed by atoms with Crippen LogP contribution in [0.4, 0.5) is 5.69 Å². The monoisotopic (exact) mass is 277 g/mol. The molecule has 1 amide bonds. The molecule has 1 heterocycles. The molecule has 0 atom stereocenters. The van der Waals surface area contributed by atoms with Gasteiger partial charge in [-0.25, -0.2) is 0 Å². The molecule has 1 saturated heterocycles. The molecule has 5 nitrogen and oxygen atoms in total. The Balaban J connectivity index is 1.55. The molecule has 20 heavy (non-hydrogen) atoms. The number of ether oxygens (including phenoxy) is 1. The Morgan fingerprint density at radius 2 is 2.15 bits per heavy atom. The highest BCUT2D eigenvalue weighted by molar-refractivity contribution is 5.76. The molecular formula is C15H23N3O2. The number of hydrogen-bond donors (Lipinski definition) is 2. The van der Waals surface area contributed by atoms with Crippen molar-refractivity contribution in [3.63, 3.8) is 0 Å². The van der Waals surface area contributed by atoms with Crippen molar-refractivity contribution < 1.29 is 9.53 Å². The lowest BCUT2D eigenvalue weighted by Crippen LogP contribution is -2.31. The number of nitrogens with one attached hydrogen (secondary N) is 1. The largest absolute Gasteiger partial charge is 0.492 e. The summed E-state index contributed by atoms with van der Waals surface area (Å²) in [6.45, 7) is 4.10. The van der Waals surface area contributed by atoms with Gasteiger partial charge in [0.1, 0.15) is 12.4 Å². The fourth-order valence-corrected chi connectivity index (χ4v) is 2.32. The van der Waals surface area contributed by atoms with E-state index in [2.05, 4.69) is 10.2 Å². The molecule has 1 fully saturated rings. The molecule has 0 unspecified atom stereocenters. The number of nitrogens with two attached hydrogens (primary N) is 1. The van der Waals surface area contributed by atoms with Gasteiger partial charge in [-0.05, 0) is 38.1 Å². The molecule has 0 spiro atoms. The average molecular weight is 277 g/mol. The molecule has 2 rings (SSSR count). The van der Waals surface area contributed by atoms with E-state index >= 15 is 0 Å². The van der Waals surface area contributed by atoms with E-state index in [4.69, 9.17) is 10.5 Å². The van der Waals surface area contributed by atoms with E-state index in [0.29, 0.717) is 25.3 Å². The quantitative estimate of drug-likeness (QED) is 0.581. The molecule has 110 valence electrons. The van der Waals surface area contributed by atoms with E-state index in [1.165, 1.54) is 12.8 Å². The molecule has 0 aliphatic carbocycles. The number of nitrogen functional groups attached to an aromatic ring is 1. The number of carbonyl (C=O) groups excluding carboxylic acids is 1. The number of benzene rings is 1. The summed E-state index contributed by atoms with van der Waals surface area (Å²) in [6, 6.07) is 7.28. The Labute approximate surface area is 120 Å². The van der Waals surface area contributed by atoms with E-state index < -0.39 is 0 Å². The maximum absolute atomic E-state index is 11.7. The molecular weight excluding hydrogens is 254 g/mol. The van der Waals surface area contributed by atoms with Gasteiger partial charge in [0.05, 0.1) is 6.54 Å². The Bertz CT molecular complexity index is 431. The summed E-state index contributed by atoms with van der Waals surface area (Å²) in [5.41, 5.74) is 6.33. The van der Waals surface area contributed by atoms with Crippen molar-refractivity contribution in [1.29, 1.82) is 0 Å². The lowest BCUT2D eigenvalue weighted by molar-refractivity contribution is -0.121. The lowest BCUT2D eigenvalue weighted by Gasteiger charge is -2.14. The molecule has 1 aromatic rings. The predicted octanol–water partition coefficient (Wildman–Crippen LogP) is 1.25. The third kappa shape index (κ3) is 5.09. The maximum Gasteiger partial charge on any atom is 0.221 e. The standard InChI is InChI=1S/C15H23N3O2/c16-13-4-3-5-14(12-13)20-11-7-17-15(19)6-10-18-8-1-2-9-18/h3-5,12H,1-2,6-11,16H2,(H,17,19). The zero-order chi connectivity index (χ0) is 14.2. The zero-order valence-corrected chi connectivity index (χ0v) is 11.8. The van der Waals surface area contributed by atoms with E-state index in [1.54, 1.807) is 6.07 Å². The molecule has 0 saturated carbocycles. The summed E-state index contributed by atoms with van der Waals surface area (Å²) >= 11 is 0. The first-order valence-corrected chi connectivity index (χ1v) is 7.21. The van der Waals surface area contributed by atoms with Gasteiger partial charge in [-0.2, -0.15) is 0 Å². The van der Waals surface area contributed by atoms with Crippen molar-refractivity contribution in [2.24, 2.45) is 0 Å². The highest BCUT2D eigenvalue weighted by Gasteiger charge is 2.12. The van der Waals surface area contributed by atoms with Crippen molar-refractivity contribution in [3.05, 3.63) is 24.3 Å². The van der Waals surface area contributed by atoms with Crippen LogP contribution in [0.15, 0.2) is 24.3 Å². The number of carbonyl (C=O) groups is 1. The van der Waals surface area contributed by atoms with Crippen LogP contribution in [-0.2, 0) is 4.79 Å². The second-order valence-electron chi connectivity index (χ2n) is 5.07. The Kier molecular flexibility index (Phi) is 5.68. The van der Waals surface area contributed by atoms with Crippen molar-refractivity contribution in [2.75, 3.05) is 38.5 Å². The van der Waals surface area contributed by atoms with Gasteiger partial charge < -0.3 is 20.7 Å². The van der Waals surface area contributed by atoms with E-state index in [1.807, 2.05) is 18.2 Å². The summed E-state index contributed by atoms with van der Waals surface area (Å²) in [7, 11) is 0. The van der Waals surface area contributed by atoms with Gasteiger partial charge >= 0.3 is 0 Å². The third-order valence-corrected chi connectivity index (χ3v) is 3.40. The first-order valence-electron chi connectivity index (χ1n) is 7.21. The van der Waals surface area contributed by atoms with Crippen molar-refractivity contribution in [1.82, 2.24) is 10.2 Å². The number of amides is 1. The van der Waals surface area contributed by atoms with E-state index in [9.17, 15) is 4.79 Å². The average Bonchev–Trinajstić information content (AvgIpc) is 2.95. The SMILES string of the molecule is Nc1cccc(OCCNC(=O)CCN2CCCC2)c1. The number of rotatable bonds is 7. The predicted molar refractivity (Wildman–Crippen MR) is 79.7 cm³/mol. The normalized spacial score (nSPS) is 15.2. The molecule has 5 heteroatoms. The second-order valence-corrected chi connectivity index (χ2v) is 5.07. The number of hydrogen-bond acceptors (Lipinski definition) is 4. The Morgan fingerprint density at radius 1 is 1.35 bits per heavy atom. The summed E-state index contributed by atoms with van der Waals surface area (Å²) in [6.07, 6.45) is 3.09. The van der Waals surface area contributed by atoms with Gasteiger partial charge in [0.2, 0.25) is 5.91 Å². The van der Waals surface area contributed by atoms with Gasteiger partial charge in [0, 0.05) is 24.7 Å². The van der Waals surface area contributed by atoms with Gasteiger partial charge in [0.25, 0.3) is 0 Å². The molecule has 3 N–H and O–H groups in total. The smallest absolute Gasteiger partial charge is 0.221 e. The fraction of sp³-hybridized carbons (Fsp3) is 0.533. The highest BCUT2D eigenvalue weighted by atomic mass is 16.5. The van der Waals surface area contributed by atoms with Crippen LogP contribution in [0, 0.1) is 0 Å². The topological polar surface area (TPSA) is 67.6 Å². The number of likely N-dealkylation sites (tertiary alicyclic amines) is 1. The van der Waals surface area contributed by atoms with Gasteiger partial charge in [-0.3, -0.25) is 4.79 Å². The maximum atomic E-state index is 11.7. The van der Waals surface area contributed by atoms with E-state index in [-0.39, 0.29) is 5.91 Å². The summed E-state index contributed by atoms with van der Waals surface area (Å²) in [5, 5.41) is 2.87. The first-order chi connectivity index (χ1) is 9.74. The molecule has 0 bridgehead atoms. The van der Waals surface area contributed by atoms with Crippen LogP contribution in [0.3, 0.4) is 0 Å². The Morgan fingerprint density at radius 3 is 2.90 bits per heavy atom. The van der Waals surface area contributed by atoms with Crippen LogP contribution in [0.5, 0.6) is 5.75 Å². The van der Waals surface area contributed by atoms with Crippen molar-refractivity contribution in [3.8, 4) is 5.75 Å². The van der Waals surface area contributed by atoms with Crippen molar-refractivity contribution in [2.45, 2.75) is 19.3 Å². The van der Waals surface area contributed by atoms with Crippen LogP contribution in [0.2, 0.25) is 0 Å².